The summed E-state index contributed by atoms with van der Waals surface area (Å²) in [6.07, 6.45) is -5.35. The zero-order chi connectivity index (χ0) is 17.5. The maximum absolute atomic E-state index is 13.5. The highest BCUT2D eigenvalue weighted by molar-refractivity contribution is 7.89. The first-order chi connectivity index (χ1) is 10.6. The number of carbonyl (C=O) groups excluding carboxylic acids is 1. The molecule has 0 aromatic heterocycles. The molecule has 0 saturated carbocycles. The van der Waals surface area contributed by atoms with Gasteiger partial charge in [-0.3, -0.25) is 4.79 Å². The number of amides is 1. The molecule has 1 aliphatic heterocycles. The average Bonchev–Trinajstić information content (AvgIpc) is 2.70. The van der Waals surface area contributed by atoms with Crippen molar-refractivity contribution in [3.63, 3.8) is 0 Å². The maximum Gasteiger partial charge on any atom is 0.418 e. The molecule has 0 spiro atoms. The highest BCUT2D eigenvalue weighted by Gasteiger charge is 2.71. The third kappa shape index (κ3) is 2.58. The highest BCUT2D eigenvalue weighted by atomic mass is 32.2. The van der Waals surface area contributed by atoms with Crippen molar-refractivity contribution in [3.8, 4) is 6.07 Å². The van der Waals surface area contributed by atoms with E-state index in [2.05, 4.69) is 6.58 Å². The van der Waals surface area contributed by atoms with E-state index in [0.29, 0.717) is 0 Å². The Balaban J connectivity index is 2.61. The van der Waals surface area contributed by atoms with Gasteiger partial charge >= 0.3 is 6.18 Å². The van der Waals surface area contributed by atoms with Crippen LogP contribution in [0, 0.1) is 17.2 Å². The van der Waals surface area contributed by atoms with E-state index in [9.17, 15) is 26.4 Å². The maximum atomic E-state index is 13.5. The molecule has 1 amide bonds. The predicted octanol–water partition coefficient (Wildman–Crippen LogP) is 1.05. The third-order valence-corrected chi connectivity index (χ3v) is 4.82. The summed E-state index contributed by atoms with van der Waals surface area (Å²) < 4.78 is 66.4. The first-order valence-electron chi connectivity index (χ1n) is 6.12. The van der Waals surface area contributed by atoms with Crippen LogP contribution in [0.25, 0.3) is 0 Å². The summed E-state index contributed by atoms with van der Waals surface area (Å²) in [5, 5.41) is 10.8. The normalized spacial score (nSPS) is 25.0. The second kappa shape index (κ2) is 5.36. The van der Waals surface area contributed by atoms with Crippen LogP contribution in [0.2, 0.25) is 0 Å². The van der Waals surface area contributed by atoms with Crippen LogP contribution in [0.3, 0.4) is 0 Å². The molecule has 1 aromatic carbocycles. The monoisotopic (exact) mass is 345 g/mol. The number of hydrogen-bond acceptors (Lipinski definition) is 4. The smallest absolute Gasteiger partial charge is 0.327 e. The molecule has 2 rings (SSSR count). The van der Waals surface area contributed by atoms with E-state index in [-0.39, 0.29) is 0 Å². The predicted molar refractivity (Wildman–Crippen MR) is 71.9 cm³/mol. The summed E-state index contributed by atoms with van der Waals surface area (Å²) in [7, 11) is -4.71. The molecule has 23 heavy (non-hydrogen) atoms. The third-order valence-electron chi connectivity index (χ3n) is 3.34. The van der Waals surface area contributed by atoms with E-state index in [4.69, 9.17) is 5.26 Å². The summed E-state index contributed by atoms with van der Waals surface area (Å²) in [6, 6.07) is 7.51. The van der Waals surface area contributed by atoms with E-state index in [1.54, 1.807) is 5.32 Å². The van der Waals surface area contributed by atoms with Crippen LogP contribution in [0.5, 0.6) is 0 Å². The van der Waals surface area contributed by atoms with Gasteiger partial charge in [0.05, 0.1) is 11.0 Å². The fourth-order valence-corrected chi connectivity index (χ4v) is 3.59. The van der Waals surface area contributed by atoms with Gasteiger partial charge in [-0.25, -0.2) is 8.42 Å². The second-order valence-corrected chi connectivity index (χ2v) is 6.45. The summed E-state index contributed by atoms with van der Waals surface area (Å²) >= 11 is 0. The number of halogens is 3. The van der Waals surface area contributed by atoms with Crippen molar-refractivity contribution in [1.82, 2.24) is 10.0 Å². The van der Waals surface area contributed by atoms with Crippen LogP contribution in [0.15, 0.2) is 47.5 Å². The average molecular weight is 345 g/mol. The quantitative estimate of drug-likeness (QED) is 0.855. The van der Waals surface area contributed by atoms with Crippen molar-refractivity contribution in [3.05, 3.63) is 42.6 Å². The molecule has 2 atom stereocenters. The van der Waals surface area contributed by atoms with Gasteiger partial charge in [-0.2, -0.15) is 23.2 Å². The summed E-state index contributed by atoms with van der Waals surface area (Å²) in [4.78, 5) is 11.4. The number of nitriles is 1. The van der Waals surface area contributed by atoms with Gasteiger partial charge in [-0.1, -0.05) is 24.8 Å². The molecule has 10 heteroatoms. The number of alkyl halides is 3. The van der Waals surface area contributed by atoms with Crippen molar-refractivity contribution >= 4 is 15.9 Å². The van der Waals surface area contributed by atoms with Crippen LogP contribution >= 0.6 is 0 Å². The molecule has 1 aromatic rings. The fraction of sp³-hybridized carbons (Fsp3) is 0.231. The largest absolute Gasteiger partial charge is 0.418 e. The van der Waals surface area contributed by atoms with E-state index in [0.717, 1.165) is 12.1 Å². The van der Waals surface area contributed by atoms with E-state index in [1.165, 1.54) is 29.0 Å². The Bertz CT molecular complexity index is 799. The Morgan fingerprint density at radius 1 is 1.30 bits per heavy atom. The van der Waals surface area contributed by atoms with Crippen molar-refractivity contribution in [2.45, 2.75) is 16.6 Å². The molecular formula is C13H10F3N3O3S. The lowest BCUT2D eigenvalue weighted by atomic mass is 9.86. The van der Waals surface area contributed by atoms with E-state index < -0.39 is 44.2 Å². The molecule has 1 aliphatic rings. The molecule has 2 N–H and O–H groups in total. The number of hydrogen-bond donors (Lipinski definition) is 2. The molecular weight excluding hydrogens is 335 g/mol. The zero-order valence-corrected chi connectivity index (χ0v) is 12.2. The van der Waals surface area contributed by atoms with E-state index >= 15 is 0 Å². The Hall–Kier alpha value is -2.38. The van der Waals surface area contributed by atoms with Crippen LogP contribution in [0.1, 0.15) is 0 Å². The van der Waals surface area contributed by atoms with Gasteiger partial charge < -0.3 is 5.32 Å². The number of nitrogens with one attached hydrogen (secondary N) is 2. The minimum atomic E-state index is -5.35. The van der Waals surface area contributed by atoms with Gasteiger partial charge in [0.25, 0.3) is 5.91 Å². The van der Waals surface area contributed by atoms with Crippen LogP contribution < -0.4 is 10.0 Å². The van der Waals surface area contributed by atoms with Crippen LogP contribution in [0.4, 0.5) is 13.2 Å². The minimum Gasteiger partial charge on any atom is -0.327 e. The molecule has 0 bridgehead atoms. The standard InChI is InChI=1S/C13H10F3N3O3S/c1-8-10(7-17)12(11(20)18-8,13(14,15)16)19-23(21,22)9-5-3-2-4-6-9/h2-6,10,19H,1H2,(H,18,20)/t10-,12+/m0/s1. The lowest BCUT2D eigenvalue weighted by Gasteiger charge is -2.31. The topological polar surface area (TPSA) is 99.1 Å². The molecule has 0 radical (unpaired) electrons. The number of nitrogens with zero attached hydrogens (tertiary/aromatic N) is 1. The molecule has 6 nitrogen and oxygen atoms in total. The van der Waals surface area contributed by atoms with Gasteiger partial charge in [0, 0.05) is 5.70 Å². The van der Waals surface area contributed by atoms with Gasteiger partial charge in [0.15, 0.2) is 0 Å². The molecule has 0 unspecified atom stereocenters. The number of rotatable bonds is 3. The Labute approximate surface area is 129 Å². The second-order valence-electron chi connectivity index (χ2n) is 4.77. The van der Waals surface area contributed by atoms with Gasteiger partial charge in [-0.15, -0.1) is 0 Å². The number of benzene rings is 1. The lowest BCUT2D eigenvalue weighted by molar-refractivity contribution is -0.195. The minimum absolute atomic E-state index is 0.467. The Kier molecular flexibility index (Phi) is 3.96. The zero-order valence-electron chi connectivity index (χ0n) is 11.4. The molecule has 1 fully saturated rings. The van der Waals surface area contributed by atoms with E-state index in [1.807, 2.05) is 0 Å². The summed E-state index contributed by atoms with van der Waals surface area (Å²) in [5.41, 5.74) is -4.15. The van der Waals surface area contributed by atoms with Crippen molar-refractivity contribution in [1.29, 1.82) is 5.26 Å². The van der Waals surface area contributed by atoms with Gasteiger partial charge in [-0.05, 0) is 12.1 Å². The molecule has 0 aliphatic carbocycles. The van der Waals surface area contributed by atoms with Gasteiger partial charge in [0.2, 0.25) is 15.6 Å². The number of carbonyl (C=O) groups is 1. The van der Waals surface area contributed by atoms with Crippen LogP contribution in [-0.4, -0.2) is 26.0 Å². The number of sulfonamides is 1. The van der Waals surface area contributed by atoms with Crippen molar-refractivity contribution in [2.75, 3.05) is 0 Å². The first kappa shape index (κ1) is 17.0. The summed E-state index contributed by atoms with van der Waals surface area (Å²) in [5.74, 6) is -3.82. The highest BCUT2D eigenvalue weighted by Crippen LogP contribution is 2.43. The SMILES string of the molecule is C=C1NC(=O)[C@@](NS(=O)(=O)c2ccccc2)(C(F)(F)F)[C@H]1C#N. The van der Waals surface area contributed by atoms with Gasteiger partial charge in [0.1, 0.15) is 5.92 Å². The van der Waals surface area contributed by atoms with Crippen LogP contribution in [-0.2, 0) is 14.8 Å². The van der Waals surface area contributed by atoms with Crippen molar-refractivity contribution in [2.24, 2.45) is 5.92 Å². The molecule has 122 valence electrons. The first-order valence-corrected chi connectivity index (χ1v) is 7.60. The molecule has 1 heterocycles. The Morgan fingerprint density at radius 2 is 1.87 bits per heavy atom. The van der Waals surface area contributed by atoms with Crippen molar-refractivity contribution < 1.29 is 26.4 Å². The Morgan fingerprint density at radius 3 is 2.35 bits per heavy atom. The lowest BCUT2D eigenvalue weighted by Crippen LogP contribution is -2.66. The molecule has 1 saturated heterocycles. The summed E-state index contributed by atoms with van der Waals surface area (Å²) in [6.45, 7) is 3.18. The fourth-order valence-electron chi connectivity index (χ4n) is 2.21.